The Morgan fingerprint density at radius 2 is 2.00 bits per heavy atom. The van der Waals surface area contributed by atoms with Gasteiger partial charge in [-0.1, -0.05) is 33.1 Å². The number of hydrogen-bond donors (Lipinski definition) is 1. The van der Waals surface area contributed by atoms with Gasteiger partial charge in [0.15, 0.2) is 0 Å². The third-order valence-electron chi connectivity index (χ3n) is 4.17. The highest BCUT2D eigenvalue weighted by Gasteiger charge is 2.40. The van der Waals surface area contributed by atoms with Gasteiger partial charge in [-0.3, -0.25) is 0 Å². The van der Waals surface area contributed by atoms with Gasteiger partial charge >= 0.3 is 0 Å². The van der Waals surface area contributed by atoms with E-state index in [-0.39, 0.29) is 0 Å². The molecule has 1 heterocycles. The van der Waals surface area contributed by atoms with Crippen molar-refractivity contribution >= 4 is 0 Å². The SMILES string of the molecule is CC(C)C1CCCCC2(CNC2)C1. The van der Waals surface area contributed by atoms with E-state index < -0.39 is 0 Å². The molecule has 2 rings (SSSR count). The van der Waals surface area contributed by atoms with E-state index >= 15 is 0 Å². The van der Waals surface area contributed by atoms with Crippen LogP contribution >= 0.6 is 0 Å². The minimum Gasteiger partial charge on any atom is -0.316 e. The molecular weight excluding hydrogens is 158 g/mol. The van der Waals surface area contributed by atoms with Gasteiger partial charge < -0.3 is 5.32 Å². The Morgan fingerprint density at radius 1 is 1.23 bits per heavy atom. The summed E-state index contributed by atoms with van der Waals surface area (Å²) < 4.78 is 0. The molecule has 1 aliphatic heterocycles. The minimum absolute atomic E-state index is 0.728. The summed E-state index contributed by atoms with van der Waals surface area (Å²) in [6.45, 7) is 7.40. The molecule has 1 heteroatoms. The quantitative estimate of drug-likeness (QED) is 0.656. The van der Waals surface area contributed by atoms with Crippen LogP contribution in [0.1, 0.15) is 46.0 Å². The maximum atomic E-state index is 3.46. The van der Waals surface area contributed by atoms with Crippen molar-refractivity contribution in [2.45, 2.75) is 46.0 Å². The highest BCUT2D eigenvalue weighted by Crippen LogP contribution is 2.42. The molecule has 1 spiro atoms. The first kappa shape index (κ1) is 9.51. The van der Waals surface area contributed by atoms with E-state index in [0.717, 1.165) is 17.3 Å². The molecule has 1 unspecified atom stereocenters. The lowest BCUT2D eigenvalue weighted by molar-refractivity contribution is 0.108. The Morgan fingerprint density at radius 3 is 2.54 bits per heavy atom. The number of hydrogen-bond acceptors (Lipinski definition) is 1. The van der Waals surface area contributed by atoms with E-state index in [1.165, 1.54) is 45.2 Å². The van der Waals surface area contributed by atoms with Crippen molar-refractivity contribution in [2.24, 2.45) is 17.3 Å². The summed E-state index contributed by atoms with van der Waals surface area (Å²) in [5, 5.41) is 3.46. The highest BCUT2D eigenvalue weighted by atomic mass is 15.0. The molecule has 1 saturated carbocycles. The zero-order valence-corrected chi connectivity index (χ0v) is 9.10. The van der Waals surface area contributed by atoms with Crippen molar-refractivity contribution in [1.29, 1.82) is 0 Å². The van der Waals surface area contributed by atoms with Gasteiger partial charge in [-0.2, -0.15) is 0 Å². The average molecular weight is 181 g/mol. The van der Waals surface area contributed by atoms with Gasteiger partial charge in [0.2, 0.25) is 0 Å². The first-order valence-corrected chi connectivity index (χ1v) is 5.93. The maximum Gasteiger partial charge on any atom is 0.00203 e. The molecule has 2 aliphatic rings. The van der Waals surface area contributed by atoms with Crippen LogP contribution in [-0.2, 0) is 0 Å². The second-order valence-electron chi connectivity index (χ2n) is 5.56. The van der Waals surface area contributed by atoms with Crippen molar-refractivity contribution < 1.29 is 0 Å². The molecule has 1 aliphatic carbocycles. The van der Waals surface area contributed by atoms with Crippen LogP contribution in [0.2, 0.25) is 0 Å². The van der Waals surface area contributed by atoms with E-state index in [2.05, 4.69) is 19.2 Å². The lowest BCUT2D eigenvalue weighted by Gasteiger charge is -2.44. The molecule has 1 nitrogen and oxygen atoms in total. The summed E-state index contributed by atoms with van der Waals surface area (Å²) in [4.78, 5) is 0. The fourth-order valence-corrected chi connectivity index (χ4v) is 3.04. The fraction of sp³-hybridized carbons (Fsp3) is 1.00. The summed E-state index contributed by atoms with van der Waals surface area (Å²) >= 11 is 0. The van der Waals surface area contributed by atoms with Crippen molar-refractivity contribution in [2.75, 3.05) is 13.1 Å². The largest absolute Gasteiger partial charge is 0.316 e. The van der Waals surface area contributed by atoms with Crippen LogP contribution in [0.15, 0.2) is 0 Å². The van der Waals surface area contributed by atoms with Crippen LogP contribution in [0.25, 0.3) is 0 Å². The van der Waals surface area contributed by atoms with Gasteiger partial charge in [0, 0.05) is 13.1 Å². The molecule has 2 fully saturated rings. The van der Waals surface area contributed by atoms with Crippen molar-refractivity contribution in [3.63, 3.8) is 0 Å². The van der Waals surface area contributed by atoms with Gasteiger partial charge in [0.1, 0.15) is 0 Å². The topological polar surface area (TPSA) is 12.0 Å². The zero-order chi connectivity index (χ0) is 9.31. The second-order valence-corrected chi connectivity index (χ2v) is 5.56. The van der Waals surface area contributed by atoms with E-state index in [9.17, 15) is 0 Å². The minimum atomic E-state index is 0.728. The van der Waals surface area contributed by atoms with E-state index in [1.54, 1.807) is 0 Å². The normalized spacial score (nSPS) is 33.0. The van der Waals surface area contributed by atoms with Gasteiger partial charge in [-0.15, -0.1) is 0 Å². The molecule has 0 radical (unpaired) electrons. The average Bonchev–Trinajstić information content (AvgIpc) is 2.24. The van der Waals surface area contributed by atoms with Crippen LogP contribution in [0.5, 0.6) is 0 Å². The molecule has 0 amide bonds. The van der Waals surface area contributed by atoms with Gasteiger partial charge in [-0.25, -0.2) is 0 Å². The molecule has 76 valence electrons. The molecule has 1 N–H and O–H groups in total. The first-order chi connectivity index (χ1) is 6.22. The zero-order valence-electron chi connectivity index (χ0n) is 9.10. The second kappa shape index (κ2) is 3.61. The van der Waals surface area contributed by atoms with E-state index in [0.29, 0.717) is 0 Å². The lowest BCUT2D eigenvalue weighted by atomic mass is 9.71. The van der Waals surface area contributed by atoms with Crippen molar-refractivity contribution in [3.8, 4) is 0 Å². The summed E-state index contributed by atoms with van der Waals surface area (Å²) in [5.41, 5.74) is 0.728. The molecule has 0 bridgehead atoms. The van der Waals surface area contributed by atoms with Crippen LogP contribution in [-0.4, -0.2) is 13.1 Å². The predicted octanol–water partition coefficient (Wildman–Crippen LogP) is 2.81. The molecule has 1 saturated heterocycles. The Kier molecular flexibility index (Phi) is 2.64. The van der Waals surface area contributed by atoms with Crippen LogP contribution in [0.3, 0.4) is 0 Å². The Bertz CT molecular complexity index is 170. The highest BCUT2D eigenvalue weighted by molar-refractivity contribution is 4.95. The number of rotatable bonds is 1. The molecule has 0 aromatic carbocycles. The summed E-state index contributed by atoms with van der Waals surface area (Å²) in [5.74, 6) is 1.90. The fourth-order valence-electron chi connectivity index (χ4n) is 3.04. The van der Waals surface area contributed by atoms with E-state index in [1.807, 2.05) is 0 Å². The Balaban J connectivity index is 1.98. The monoisotopic (exact) mass is 181 g/mol. The van der Waals surface area contributed by atoms with Crippen LogP contribution in [0.4, 0.5) is 0 Å². The van der Waals surface area contributed by atoms with Crippen molar-refractivity contribution in [1.82, 2.24) is 5.32 Å². The van der Waals surface area contributed by atoms with Crippen LogP contribution < -0.4 is 5.32 Å². The molecule has 0 aromatic heterocycles. The molecular formula is C12H23N. The smallest absolute Gasteiger partial charge is 0.00203 e. The first-order valence-electron chi connectivity index (χ1n) is 5.93. The van der Waals surface area contributed by atoms with E-state index in [4.69, 9.17) is 0 Å². The Labute approximate surface area is 82.3 Å². The van der Waals surface area contributed by atoms with Gasteiger partial charge in [-0.05, 0) is 30.1 Å². The third kappa shape index (κ3) is 1.90. The molecule has 1 atom stereocenters. The maximum absolute atomic E-state index is 3.46. The molecule has 13 heavy (non-hydrogen) atoms. The van der Waals surface area contributed by atoms with Gasteiger partial charge in [0.05, 0.1) is 0 Å². The van der Waals surface area contributed by atoms with Gasteiger partial charge in [0.25, 0.3) is 0 Å². The molecule has 0 aromatic rings. The Hall–Kier alpha value is -0.0400. The summed E-state index contributed by atoms with van der Waals surface area (Å²) in [7, 11) is 0. The standard InChI is InChI=1S/C12H23N/c1-10(2)11-5-3-4-6-12(7-11)8-13-9-12/h10-11,13H,3-9H2,1-2H3. The third-order valence-corrected chi connectivity index (χ3v) is 4.17. The predicted molar refractivity (Wildman–Crippen MR) is 56.7 cm³/mol. The lowest BCUT2D eigenvalue weighted by Crippen LogP contribution is -2.53. The summed E-state index contributed by atoms with van der Waals surface area (Å²) in [6.07, 6.45) is 7.43. The summed E-state index contributed by atoms with van der Waals surface area (Å²) in [6, 6.07) is 0. The van der Waals surface area contributed by atoms with Crippen molar-refractivity contribution in [3.05, 3.63) is 0 Å². The van der Waals surface area contributed by atoms with Crippen LogP contribution in [0, 0.1) is 17.3 Å². The number of nitrogens with one attached hydrogen (secondary N) is 1.